The Morgan fingerprint density at radius 3 is 2.55 bits per heavy atom. The van der Waals surface area contributed by atoms with Gasteiger partial charge in [-0.1, -0.05) is 38.5 Å². The maximum atomic E-state index is 14.0. The lowest BCUT2D eigenvalue weighted by atomic mass is 9.76. The monoisotopic (exact) mass is 630 g/mol. The minimum atomic E-state index is -3.96. The van der Waals surface area contributed by atoms with Crippen LogP contribution in [0, 0.1) is 22.7 Å². The molecule has 0 aromatic carbocycles. The summed E-state index contributed by atoms with van der Waals surface area (Å²) in [5.74, 6) is 0.164. The van der Waals surface area contributed by atoms with E-state index in [1.165, 1.54) is 4.31 Å². The number of rotatable bonds is 8. The highest BCUT2D eigenvalue weighted by atomic mass is 32.2. The van der Waals surface area contributed by atoms with E-state index in [1.54, 1.807) is 18.9 Å². The van der Waals surface area contributed by atoms with Crippen LogP contribution in [0.25, 0.3) is 0 Å². The van der Waals surface area contributed by atoms with E-state index in [0.29, 0.717) is 45.4 Å². The number of ketones is 1. The molecule has 3 fully saturated rings. The van der Waals surface area contributed by atoms with Crippen LogP contribution in [-0.2, 0) is 29.1 Å². The third-order valence-electron chi connectivity index (χ3n) is 10.6. The van der Waals surface area contributed by atoms with Crippen LogP contribution in [-0.4, -0.2) is 97.8 Å². The third kappa shape index (κ3) is 6.23. The summed E-state index contributed by atoms with van der Waals surface area (Å²) in [6, 6.07) is -1.70. The molecule has 0 aromatic heterocycles. The summed E-state index contributed by atoms with van der Waals surface area (Å²) in [5.41, 5.74) is 0.883. The van der Waals surface area contributed by atoms with Crippen molar-refractivity contribution >= 4 is 27.6 Å². The zero-order valence-electron chi connectivity index (χ0n) is 27.2. The molecule has 11 heteroatoms. The van der Waals surface area contributed by atoms with Crippen LogP contribution < -0.4 is 5.32 Å². The van der Waals surface area contributed by atoms with Crippen molar-refractivity contribution in [3.63, 3.8) is 0 Å². The summed E-state index contributed by atoms with van der Waals surface area (Å²) in [4.78, 5) is 44.5. The number of nitrogens with one attached hydrogen (secondary N) is 1. The van der Waals surface area contributed by atoms with Gasteiger partial charge in [0.25, 0.3) is 0 Å². The fourth-order valence-electron chi connectivity index (χ4n) is 8.31. The lowest BCUT2D eigenvalue weighted by Crippen LogP contribution is -2.56. The topological polar surface area (TPSA) is 116 Å². The number of piperazine rings is 1. The van der Waals surface area contributed by atoms with Crippen LogP contribution in [0.15, 0.2) is 35.3 Å². The predicted octanol–water partition coefficient (Wildman–Crippen LogP) is 3.23. The molecule has 2 saturated heterocycles. The average molecular weight is 631 g/mol. The Hall–Kier alpha value is -2.66. The molecular formula is C33H50N4O6S. The second kappa shape index (κ2) is 12.3. The molecule has 2 bridgehead atoms. The molecule has 0 spiro atoms. The molecule has 1 saturated carbocycles. The normalized spacial score (nSPS) is 33.7. The van der Waals surface area contributed by atoms with E-state index in [9.17, 15) is 22.8 Å². The number of hydrogen-bond donors (Lipinski definition) is 1. The molecule has 2 amide bonds. The maximum Gasteiger partial charge on any atom is 0.244 e. The SMILES string of the molecule is COC1=C(N2CCN(C(=O)[C@H](C)NC(=O)[C@@H]3CC(C)CN3S(=O)(=O)CC34C=C(C)C(C)(CC(C)CC3=O)C4)CC2)C=CCC1. The lowest BCUT2D eigenvalue weighted by Gasteiger charge is -2.38. The standard InChI is InChI=1S/C33H50N4O6S/c1-22-16-29(38)33(18-24(3)32(5,17-22)20-33)21-44(41,42)37-19-23(2)15-27(37)30(39)34-25(4)31(40)36-13-11-35(12-14-36)26-9-7-8-10-28(26)43-6/h7,9,18,22-23,25,27H,8,10-17,19-21H2,1-6H3,(H,34,39)/t22?,23?,25-,27-,32?,33?/m0/s1. The number of methoxy groups -OCH3 is 1. The van der Waals surface area contributed by atoms with Crippen molar-refractivity contribution in [3.05, 3.63) is 35.3 Å². The first kappa shape index (κ1) is 32.7. The summed E-state index contributed by atoms with van der Waals surface area (Å²) >= 11 is 0. The highest BCUT2D eigenvalue weighted by Gasteiger charge is 2.55. The van der Waals surface area contributed by atoms with E-state index in [0.717, 1.165) is 36.3 Å². The number of amides is 2. The Bertz CT molecular complexity index is 1380. The van der Waals surface area contributed by atoms with E-state index in [2.05, 4.69) is 36.2 Å². The molecule has 2 heterocycles. The Balaban J connectivity index is 1.23. The van der Waals surface area contributed by atoms with E-state index in [4.69, 9.17) is 4.74 Å². The number of allylic oxidation sites excluding steroid dienone is 5. The number of fused-ring (bicyclic) bond motifs is 2. The number of carbonyl (C=O) groups is 3. The van der Waals surface area contributed by atoms with Crippen LogP contribution in [0.1, 0.15) is 73.1 Å². The van der Waals surface area contributed by atoms with Gasteiger partial charge in [-0.2, -0.15) is 4.31 Å². The summed E-state index contributed by atoms with van der Waals surface area (Å²) in [6.45, 7) is 12.4. The van der Waals surface area contributed by atoms with Crippen LogP contribution in [0.3, 0.4) is 0 Å². The quantitative estimate of drug-likeness (QED) is 0.410. The molecule has 5 rings (SSSR count). The van der Waals surface area contributed by atoms with Gasteiger partial charge in [0.1, 0.15) is 23.6 Å². The Morgan fingerprint density at radius 2 is 1.86 bits per heavy atom. The smallest absolute Gasteiger partial charge is 0.244 e. The van der Waals surface area contributed by atoms with Crippen molar-refractivity contribution in [2.45, 2.75) is 85.2 Å². The molecule has 2 aliphatic heterocycles. The molecule has 0 aromatic rings. The molecule has 3 aliphatic carbocycles. The zero-order valence-corrected chi connectivity index (χ0v) is 28.0. The number of carbonyl (C=O) groups excluding carboxylic acids is 3. The van der Waals surface area contributed by atoms with Gasteiger partial charge in [0.2, 0.25) is 21.8 Å². The van der Waals surface area contributed by atoms with Gasteiger partial charge in [-0.3, -0.25) is 14.4 Å². The van der Waals surface area contributed by atoms with E-state index in [-0.39, 0.29) is 41.2 Å². The van der Waals surface area contributed by atoms with E-state index >= 15 is 0 Å². The van der Waals surface area contributed by atoms with Crippen molar-refractivity contribution < 1.29 is 27.5 Å². The second-order valence-electron chi connectivity index (χ2n) is 14.3. The maximum absolute atomic E-state index is 14.0. The number of sulfonamides is 1. The zero-order chi connectivity index (χ0) is 32.0. The van der Waals surface area contributed by atoms with Crippen LogP contribution in [0.2, 0.25) is 0 Å². The largest absolute Gasteiger partial charge is 0.499 e. The molecule has 4 unspecified atom stereocenters. The van der Waals surface area contributed by atoms with Gasteiger partial charge in [-0.25, -0.2) is 8.42 Å². The van der Waals surface area contributed by atoms with Gasteiger partial charge in [0, 0.05) is 45.6 Å². The number of nitrogens with zero attached hydrogens (tertiary/aromatic N) is 3. The molecule has 5 aliphatic rings. The molecule has 44 heavy (non-hydrogen) atoms. The first-order chi connectivity index (χ1) is 20.7. The van der Waals surface area contributed by atoms with Crippen molar-refractivity contribution in [2.24, 2.45) is 22.7 Å². The number of hydrogen-bond acceptors (Lipinski definition) is 7. The average Bonchev–Trinajstić information content (AvgIpc) is 3.46. The summed E-state index contributed by atoms with van der Waals surface area (Å²) in [6.07, 6.45) is 10.0. The minimum absolute atomic E-state index is 0.0176. The molecular weight excluding hydrogens is 580 g/mol. The summed E-state index contributed by atoms with van der Waals surface area (Å²) < 4.78 is 34.9. The van der Waals surface area contributed by atoms with Crippen LogP contribution in [0.4, 0.5) is 0 Å². The van der Waals surface area contributed by atoms with Gasteiger partial charge in [-0.15, -0.1) is 0 Å². The van der Waals surface area contributed by atoms with Gasteiger partial charge in [0.15, 0.2) is 0 Å². The van der Waals surface area contributed by atoms with Gasteiger partial charge in [-0.05, 0) is 62.9 Å². The van der Waals surface area contributed by atoms with Crippen molar-refractivity contribution in [2.75, 3.05) is 45.6 Å². The van der Waals surface area contributed by atoms with Gasteiger partial charge < -0.3 is 19.9 Å². The van der Waals surface area contributed by atoms with Crippen LogP contribution >= 0.6 is 0 Å². The highest BCUT2D eigenvalue weighted by Crippen LogP contribution is 2.56. The third-order valence-corrected chi connectivity index (χ3v) is 12.6. The molecule has 1 N–H and O–H groups in total. The highest BCUT2D eigenvalue weighted by molar-refractivity contribution is 7.89. The Labute approximate surface area is 263 Å². The van der Waals surface area contributed by atoms with E-state index < -0.39 is 33.4 Å². The fraction of sp³-hybridized carbons (Fsp3) is 0.727. The molecule has 0 radical (unpaired) electrons. The van der Waals surface area contributed by atoms with Gasteiger partial charge in [0.05, 0.1) is 24.0 Å². The second-order valence-corrected chi connectivity index (χ2v) is 16.3. The minimum Gasteiger partial charge on any atom is -0.499 e. The van der Waals surface area contributed by atoms with Crippen molar-refractivity contribution in [1.29, 1.82) is 0 Å². The first-order valence-corrected chi connectivity index (χ1v) is 17.8. The number of ether oxygens (including phenoxy) is 1. The fourth-order valence-corrected chi connectivity index (χ4v) is 10.5. The van der Waals surface area contributed by atoms with Crippen molar-refractivity contribution in [3.8, 4) is 0 Å². The molecule has 6 atom stereocenters. The van der Waals surface area contributed by atoms with Crippen LogP contribution in [0.5, 0.6) is 0 Å². The first-order valence-electron chi connectivity index (χ1n) is 16.2. The molecule has 244 valence electrons. The van der Waals surface area contributed by atoms with Gasteiger partial charge >= 0.3 is 0 Å². The van der Waals surface area contributed by atoms with Crippen molar-refractivity contribution in [1.82, 2.24) is 19.4 Å². The summed E-state index contributed by atoms with van der Waals surface area (Å²) in [7, 11) is -2.27. The predicted molar refractivity (Wildman–Crippen MR) is 169 cm³/mol. The van der Waals surface area contributed by atoms with E-state index in [1.807, 2.05) is 19.9 Å². The molecule has 10 nitrogen and oxygen atoms in total. The number of Topliss-reactive ketones (excluding diaryl/α,β-unsaturated/α-hetero) is 1. The lowest BCUT2D eigenvalue weighted by molar-refractivity contribution is -0.137. The Morgan fingerprint density at radius 1 is 1.16 bits per heavy atom. The Kier molecular flexibility index (Phi) is 9.12. The summed E-state index contributed by atoms with van der Waals surface area (Å²) in [5, 5.41) is 2.84.